The van der Waals surface area contributed by atoms with E-state index in [0.29, 0.717) is 11.8 Å². The van der Waals surface area contributed by atoms with Gasteiger partial charge in [-0.3, -0.25) is 9.98 Å². The minimum absolute atomic E-state index is 0. The van der Waals surface area contributed by atoms with Crippen molar-refractivity contribution >= 4 is 41.7 Å². The van der Waals surface area contributed by atoms with Crippen molar-refractivity contribution in [3.63, 3.8) is 0 Å². The quantitative estimate of drug-likeness (QED) is 0.313. The standard InChI is InChI=1S/C17H28N4OS.HI/c1-3-18-16(20-12-9-14-7-5-6-11-19-14)21-13-17(22)10-8-15(17)23-4-2;/h5-7,11,15,22H,3-4,8-10,12-13H2,1-2H3,(H2,18,20,21);1H. The molecule has 1 fully saturated rings. The summed E-state index contributed by atoms with van der Waals surface area (Å²) in [7, 11) is 0. The molecule has 0 saturated heterocycles. The van der Waals surface area contributed by atoms with E-state index in [-0.39, 0.29) is 24.0 Å². The molecule has 24 heavy (non-hydrogen) atoms. The van der Waals surface area contributed by atoms with Crippen molar-refractivity contribution in [2.24, 2.45) is 4.99 Å². The van der Waals surface area contributed by atoms with E-state index in [4.69, 9.17) is 0 Å². The van der Waals surface area contributed by atoms with Crippen molar-refractivity contribution in [3.8, 4) is 0 Å². The second-order valence-corrected chi connectivity index (χ2v) is 7.26. The summed E-state index contributed by atoms with van der Waals surface area (Å²) in [6.45, 7) is 6.22. The molecule has 1 aromatic rings. The fourth-order valence-electron chi connectivity index (χ4n) is 2.63. The minimum atomic E-state index is -0.635. The number of guanidine groups is 1. The first kappa shape index (κ1) is 21.5. The normalized spacial score (nSPS) is 23.1. The Morgan fingerprint density at radius 2 is 2.25 bits per heavy atom. The summed E-state index contributed by atoms with van der Waals surface area (Å²) >= 11 is 1.84. The van der Waals surface area contributed by atoms with Crippen LogP contribution in [-0.4, -0.2) is 52.3 Å². The molecule has 1 heterocycles. The van der Waals surface area contributed by atoms with Crippen molar-refractivity contribution in [1.29, 1.82) is 0 Å². The maximum Gasteiger partial charge on any atom is 0.191 e. The maximum absolute atomic E-state index is 10.6. The first-order valence-corrected chi connectivity index (χ1v) is 9.49. The van der Waals surface area contributed by atoms with E-state index in [2.05, 4.69) is 27.5 Å². The zero-order valence-corrected chi connectivity index (χ0v) is 17.6. The van der Waals surface area contributed by atoms with Crippen LogP contribution < -0.4 is 10.6 Å². The number of hydrogen-bond acceptors (Lipinski definition) is 4. The number of aliphatic imine (C=N–C) groups is 1. The molecule has 7 heteroatoms. The lowest BCUT2D eigenvalue weighted by atomic mass is 9.79. The number of thioether (sulfide) groups is 1. The lowest BCUT2D eigenvalue weighted by molar-refractivity contribution is -0.0154. The van der Waals surface area contributed by atoms with E-state index in [1.165, 1.54) is 0 Å². The van der Waals surface area contributed by atoms with Gasteiger partial charge in [-0.05, 0) is 37.7 Å². The Bertz CT molecular complexity index is 503. The Morgan fingerprint density at radius 3 is 2.83 bits per heavy atom. The van der Waals surface area contributed by atoms with Crippen LogP contribution in [0.2, 0.25) is 0 Å². The van der Waals surface area contributed by atoms with E-state index < -0.39 is 5.60 Å². The fraction of sp³-hybridized carbons (Fsp3) is 0.647. The highest BCUT2D eigenvalue weighted by atomic mass is 127. The average molecular weight is 464 g/mol. The molecule has 136 valence electrons. The van der Waals surface area contributed by atoms with Crippen LogP contribution >= 0.6 is 35.7 Å². The summed E-state index contributed by atoms with van der Waals surface area (Å²) in [5.74, 6) is 1.81. The monoisotopic (exact) mass is 464 g/mol. The number of rotatable bonds is 8. The van der Waals surface area contributed by atoms with Crippen LogP contribution in [0.4, 0.5) is 0 Å². The molecular formula is C17H29IN4OS. The fourth-order valence-corrected chi connectivity index (χ4v) is 3.82. The van der Waals surface area contributed by atoms with Crippen molar-refractivity contribution in [2.75, 3.05) is 25.4 Å². The molecule has 0 spiro atoms. The van der Waals surface area contributed by atoms with Gasteiger partial charge in [0.2, 0.25) is 0 Å². The van der Waals surface area contributed by atoms with Gasteiger partial charge in [-0.1, -0.05) is 13.0 Å². The van der Waals surface area contributed by atoms with Gasteiger partial charge in [0, 0.05) is 36.7 Å². The number of nitrogens with one attached hydrogen (secondary N) is 2. The van der Waals surface area contributed by atoms with E-state index in [9.17, 15) is 5.11 Å². The number of pyridine rings is 1. The van der Waals surface area contributed by atoms with Crippen LogP contribution in [0.15, 0.2) is 29.4 Å². The molecule has 0 bridgehead atoms. The average Bonchev–Trinajstić information content (AvgIpc) is 2.57. The SMILES string of the molecule is CCNC(=NCC1(O)CCC1SCC)NCCc1ccccn1.I. The lowest BCUT2D eigenvalue weighted by Crippen LogP contribution is -2.53. The number of aromatic nitrogens is 1. The lowest BCUT2D eigenvalue weighted by Gasteiger charge is -2.44. The second-order valence-electron chi connectivity index (χ2n) is 5.78. The molecule has 0 amide bonds. The molecular weight excluding hydrogens is 435 g/mol. The summed E-state index contributed by atoms with van der Waals surface area (Å²) in [6.07, 6.45) is 4.60. The van der Waals surface area contributed by atoms with Gasteiger partial charge in [-0.15, -0.1) is 24.0 Å². The molecule has 1 saturated carbocycles. The van der Waals surface area contributed by atoms with Crippen molar-refractivity contribution < 1.29 is 5.11 Å². The topological polar surface area (TPSA) is 69.5 Å². The number of hydrogen-bond donors (Lipinski definition) is 3. The van der Waals surface area contributed by atoms with Crippen molar-refractivity contribution in [1.82, 2.24) is 15.6 Å². The largest absolute Gasteiger partial charge is 0.387 e. The molecule has 3 N–H and O–H groups in total. The molecule has 2 atom stereocenters. The first-order chi connectivity index (χ1) is 11.2. The van der Waals surface area contributed by atoms with E-state index in [1.807, 2.05) is 43.1 Å². The Balaban J connectivity index is 0.00000288. The number of aliphatic hydroxyl groups is 1. The summed E-state index contributed by atoms with van der Waals surface area (Å²) in [4.78, 5) is 8.90. The molecule has 0 radical (unpaired) electrons. The van der Waals surface area contributed by atoms with Gasteiger partial charge in [-0.25, -0.2) is 0 Å². The van der Waals surface area contributed by atoms with Gasteiger partial charge in [-0.2, -0.15) is 11.8 Å². The predicted molar refractivity (Wildman–Crippen MR) is 113 cm³/mol. The number of halogens is 1. The van der Waals surface area contributed by atoms with Gasteiger partial charge in [0.05, 0.1) is 12.1 Å². The van der Waals surface area contributed by atoms with Crippen LogP contribution in [0.3, 0.4) is 0 Å². The summed E-state index contributed by atoms with van der Waals surface area (Å²) in [5.41, 5.74) is 0.428. The van der Waals surface area contributed by atoms with Gasteiger partial charge >= 0.3 is 0 Å². The maximum atomic E-state index is 10.6. The van der Waals surface area contributed by atoms with E-state index in [1.54, 1.807) is 0 Å². The predicted octanol–water partition coefficient (Wildman–Crippen LogP) is 2.44. The molecule has 2 rings (SSSR count). The van der Waals surface area contributed by atoms with E-state index in [0.717, 1.165) is 49.8 Å². The van der Waals surface area contributed by atoms with Gasteiger partial charge in [0.25, 0.3) is 0 Å². The van der Waals surface area contributed by atoms with Crippen LogP contribution in [0.1, 0.15) is 32.4 Å². The smallest absolute Gasteiger partial charge is 0.191 e. The van der Waals surface area contributed by atoms with Gasteiger partial charge in [0.1, 0.15) is 0 Å². The van der Waals surface area contributed by atoms with Crippen LogP contribution in [0, 0.1) is 0 Å². The summed E-state index contributed by atoms with van der Waals surface area (Å²) < 4.78 is 0. The van der Waals surface area contributed by atoms with Crippen LogP contribution in [0.25, 0.3) is 0 Å². The first-order valence-electron chi connectivity index (χ1n) is 8.44. The van der Waals surface area contributed by atoms with Crippen molar-refractivity contribution in [2.45, 2.75) is 44.0 Å². The highest BCUT2D eigenvalue weighted by Gasteiger charge is 2.45. The Labute approximate surface area is 166 Å². The molecule has 2 unspecified atom stereocenters. The van der Waals surface area contributed by atoms with Crippen LogP contribution in [0.5, 0.6) is 0 Å². The highest BCUT2D eigenvalue weighted by Crippen LogP contribution is 2.41. The third kappa shape index (κ3) is 6.40. The Morgan fingerprint density at radius 1 is 1.42 bits per heavy atom. The number of nitrogens with zero attached hydrogens (tertiary/aromatic N) is 2. The van der Waals surface area contributed by atoms with Crippen molar-refractivity contribution in [3.05, 3.63) is 30.1 Å². The molecule has 0 aliphatic heterocycles. The second kappa shape index (κ2) is 11.1. The molecule has 5 nitrogen and oxygen atoms in total. The van der Waals surface area contributed by atoms with E-state index >= 15 is 0 Å². The third-order valence-electron chi connectivity index (χ3n) is 4.06. The highest BCUT2D eigenvalue weighted by molar-refractivity contribution is 14.0. The summed E-state index contributed by atoms with van der Waals surface area (Å²) in [5, 5.41) is 17.5. The van der Waals surface area contributed by atoms with Gasteiger partial charge in [0.15, 0.2) is 5.96 Å². The van der Waals surface area contributed by atoms with Gasteiger partial charge < -0.3 is 15.7 Å². The molecule has 0 aromatic carbocycles. The zero-order chi connectivity index (χ0) is 16.5. The minimum Gasteiger partial charge on any atom is -0.387 e. The molecule has 1 aromatic heterocycles. The molecule has 1 aliphatic rings. The Hall–Kier alpha value is -0.540. The third-order valence-corrected chi connectivity index (χ3v) is 5.47. The molecule has 1 aliphatic carbocycles. The van der Waals surface area contributed by atoms with Crippen LogP contribution in [-0.2, 0) is 6.42 Å². The zero-order valence-electron chi connectivity index (χ0n) is 14.5. The Kier molecular flexibility index (Phi) is 9.99. The summed E-state index contributed by atoms with van der Waals surface area (Å²) in [6, 6.07) is 5.95.